The predicted octanol–water partition coefficient (Wildman–Crippen LogP) is 7.25. The third kappa shape index (κ3) is 6.34. The highest BCUT2D eigenvalue weighted by Crippen LogP contribution is 2.29. The van der Waals surface area contributed by atoms with Crippen molar-refractivity contribution in [1.82, 2.24) is 14.7 Å². The molecule has 0 aliphatic rings. The SMILES string of the molecule is CCCCN(CC(=O)Nc1cc(C(C)(C)C)nn1-c1ccccc1Cl)C(=O)Nc1cccc2ccccc12. The van der Waals surface area contributed by atoms with Crippen LogP contribution in [0.2, 0.25) is 5.02 Å². The number of hydrogen-bond acceptors (Lipinski definition) is 3. The second-order valence-corrected chi connectivity index (χ2v) is 10.7. The van der Waals surface area contributed by atoms with Crippen LogP contribution < -0.4 is 10.6 Å². The summed E-state index contributed by atoms with van der Waals surface area (Å²) in [6, 6.07) is 22.5. The van der Waals surface area contributed by atoms with Crippen LogP contribution in [0.3, 0.4) is 0 Å². The van der Waals surface area contributed by atoms with Crippen molar-refractivity contribution < 1.29 is 9.59 Å². The maximum absolute atomic E-state index is 13.3. The number of amides is 3. The Labute approximate surface area is 228 Å². The Morgan fingerprint density at radius 1 is 0.974 bits per heavy atom. The highest BCUT2D eigenvalue weighted by molar-refractivity contribution is 6.32. The van der Waals surface area contributed by atoms with Crippen molar-refractivity contribution in [2.75, 3.05) is 23.7 Å². The molecule has 3 amide bonds. The first-order valence-corrected chi connectivity index (χ1v) is 13.2. The third-order valence-corrected chi connectivity index (χ3v) is 6.58. The normalized spacial score (nSPS) is 11.4. The van der Waals surface area contributed by atoms with Crippen LogP contribution in [-0.4, -0.2) is 39.7 Å². The molecule has 0 radical (unpaired) electrons. The molecule has 0 aliphatic carbocycles. The summed E-state index contributed by atoms with van der Waals surface area (Å²) in [7, 11) is 0. The van der Waals surface area contributed by atoms with E-state index in [2.05, 4.69) is 38.3 Å². The Morgan fingerprint density at radius 3 is 2.42 bits per heavy atom. The molecular weight excluding hydrogens is 498 g/mol. The predicted molar refractivity (Wildman–Crippen MR) is 155 cm³/mol. The number of fused-ring (bicyclic) bond motifs is 1. The highest BCUT2D eigenvalue weighted by Gasteiger charge is 2.24. The molecule has 7 nitrogen and oxygen atoms in total. The average Bonchev–Trinajstić information content (AvgIpc) is 3.31. The van der Waals surface area contributed by atoms with Crippen LogP contribution in [0.15, 0.2) is 72.8 Å². The van der Waals surface area contributed by atoms with Crippen molar-refractivity contribution in [3.8, 4) is 5.69 Å². The third-order valence-electron chi connectivity index (χ3n) is 6.26. The van der Waals surface area contributed by atoms with Crippen LogP contribution >= 0.6 is 11.6 Å². The summed E-state index contributed by atoms with van der Waals surface area (Å²) in [6.07, 6.45) is 1.68. The number of carbonyl (C=O) groups is 2. The van der Waals surface area contributed by atoms with E-state index in [1.54, 1.807) is 15.6 Å². The number of unbranched alkanes of at least 4 members (excludes halogenated alkanes) is 1. The van der Waals surface area contributed by atoms with Crippen molar-refractivity contribution in [3.63, 3.8) is 0 Å². The molecule has 38 heavy (non-hydrogen) atoms. The van der Waals surface area contributed by atoms with Crippen molar-refractivity contribution in [2.45, 2.75) is 46.0 Å². The average molecular weight is 532 g/mol. The van der Waals surface area contributed by atoms with E-state index < -0.39 is 0 Å². The zero-order valence-corrected chi connectivity index (χ0v) is 23.0. The molecule has 0 bridgehead atoms. The lowest BCUT2D eigenvalue weighted by Gasteiger charge is -2.23. The van der Waals surface area contributed by atoms with Gasteiger partial charge in [0.25, 0.3) is 0 Å². The van der Waals surface area contributed by atoms with Gasteiger partial charge in [-0.1, -0.05) is 94.2 Å². The van der Waals surface area contributed by atoms with Gasteiger partial charge in [0.1, 0.15) is 12.4 Å². The Morgan fingerprint density at radius 2 is 1.68 bits per heavy atom. The molecule has 1 aromatic heterocycles. The lowest BCUT2D eigenvalue weighted by atomic mass is 9.92. The zero-order valence-electron chi connectivity index (χ0n) is 22.3. The molecule has 0 aliphatic heterocycles. The molecule has 2 N–H and O–H groups in total. The van der Waals surface area contributed by atoms with E-state index >= 15 is 0 Å². The number of halogens is 1. The zero-order chi connectivity index (χ0) is 27.3. The van der Waals surface area contributed by atoms with Crippen LogP contribution in [0.5, 0.6) is 0 Å². The standard InChI is InChI=1S/C30H34ClN5O2/c1-5-6-18-35(29(38)32-24-16-11-13-21-12-7-8-14-22(21)24)20-28(37)33-27-19-26(30(2,3)4)34-36(27)25-17-10-9-15-23(25)31/h7-17,19H,5-6,18,20H2,1-4H3,(H,32,38)(H,33,37). The lowest BCUT2D eigenvalue weighted by molar-refractivity contribution is -0.116. The minimum absolute atomic E-state index is 0.102. The van der Waals surface area contributed by atoms with Crippen LogP contribution in [0.25, 0.3) is 16.5 Å². The number of benzene rings is 3. The van der Waals surface area contributed by atoms with Gasteiger partial charge in [-0.2, -0.15) is 5.10 Å². The molecule has 3 aromatic carbocycles. The van der Waals surface area contributed by atoms with E-state index in [9.17, 15) is 9.59 Å². The first-order chi connectivity index (χ1) is 18.2. The molecule has 4 aromatic rings. The monoisotopic (exact) mass is 531 g/mol. The second-order valence-electron chi connectivity index (χ2n) is 10.3. The van der Waals surface area contributed by atoms with E-state index in [1.807, 2.05) is 66.7 Å². The molecular formula is C30H34ClN5O2. The maximum atomic E-state index is 13.3. The van der Waals surface area contributed by atoms with Crippen LogP contribution in [0.4, 0.5) is 16.3 Å². The number of aromatic nitrogens is 2. The first-order valence-electron chi connectivity index (χ1n) is 12.9. The minimum atomic E-state index is -0.319. The van der Waals surface area contributed by atoms with Gasteiger partial charge >= 0.3 is 6.03 Å². The fourth-order valence-corrected chi connectivity index (χ4v) is 4.35. The summed E-state index contributed by atoms with van der Waals surface area (Å²) in [5.74, 6) is 0.181. The number of nitrogens with one attached hydrogen (secondary N) is 2. The molecule has 4 rings (SSSR count). The molecule has 0 unspecified atom stereocenters. The van der Waals surface area contributed by atoms with Gasteiger partial charge in [0.05, 0.1) is 22.1 Å². The van der Waals surface area contributed by atoms with Crippen LogP contribution in [-0.2, 0) is 10.2 Å². The Hall–Kier alpha value is -3.84. The largest absolute Gasteiger partial charge is 0.322 e. The fourth-order valence-electron chi connectivity index (χ4n) is 4.13. The quantitative estimate of drug-likeness (QED) is 0.251. The van der Waals surface area contributed by atoms with E-state index in [0.29, 0.717) is 28.8 Å². The van der Waals surface area contributed by atoms with Gasteiger partial charge < -0.3 is 15.5 Å². The number of anilines is 2. The topological polar surface area (TPSA) is 79.3 Å². The maximum Gasteiger partial charge on any atom is 0.322 e. The van der Waals surface area contributed by atoms with E-state index in [1.165, 1.54) is 0 Å². The number of nitrogens with zero attached hydrogens (tertiary/aromatic N) is 3. The Bertz CT molecular complexity index is 1430. The summed E-state index contributed by atoms with van der Waals surface area (Å²) in [5.41, 5.74) is 1.94. The molecule has 0 fully saturated rings. The molecule has 0 spiro atoms. The number of hydrogen-bond donors (Lipinski definition) is 2. The Kier molecular flexibility index (Phi) is 8.37. The molecule has 1 heterocycles. The highest BCUT2D eigenvalue weighted by atomic mass is 35.5. The van der Waals surface area contributed by atoms with Crippen molar-refractivity contribution in [3.05, 3.63) is 83.5 Å². The van der Waals surface area contributed by atoms with Crippen LogP contribution in [0, 0.1) is 0 Å². The fraction of sp³-hybridized carbons (Fsp3) is 0.300. The van der Waals surface area contributed by atoms with Crippen molar-refractivity contribution in [1.29, 1.82) is 0 Å². The second kappa shape index (κ2) is 11.7. The van der Waals surface area contributed by atoms with Crippen molar-refractivity contribution in [2.24, 2.45) is 0 Å². The van der Waals surface area contributed by atoms with Gasteiger partial charge in [0.2, 0.25) is 5.91 Å². The van der Waals surface area contributed by atoms with Gasteiger partial charge in [-0.25, -0.2) is 9.48 Å². The molecule has 0 atom stereocenters. The number of carbonyl (C=O) groups excluding carboxylic acids is 2. The number of rotatable bonds is 8. The Balaban J connectivity index is 1.56. The van der Waals surface area contributed by atoms with Gasteiger partial charge in [0, 0.05) is 23.4 Å². The summed E-state index contributed by atoms with van der Waals surface area (Å²) >= 11 is 6.46. The van der Waals surface area contributed by atoms with Gasteiger partial charge in [-0.3, -0.25) is 4.79 Å². The van der Waals surface area contributed by atoms with Gasteiger partial charge in [0.15, 0.2) is 0 Å². The van der Waals surface area contributed by atoms with E-state index in [0.717, 1.165) is 29.3 Å². The number of urea groups is 1. The molecule has 198 valence electrons. The van der Waals surface area contributed by atoms with Crippen LogP contribution in [0.1, 0.15) is 46.2 Å². The summed E-state index contributed by atoms with van der Waals surface area (Å²) in [4.78, 5) is 28.1. The van der Waals surface area contributed by atoms with E-state index in [4.69, 9.17) is 16.7 Å². The summed E-state index contributed by atoms with van der Waals surface area (Å²) in [6.45, 7) is 8.58. The smallest absolute Gasteiger partial charge is 0.315 e. The molecule has 8 heteroatoms. The lowest BCUT2D eigenvalue weighted by Crippen LogP contribution is -2.41. The van der Waals surface area contributed by atoms with Gasteiger partial charge in [-0.05, 0) is 30.0 Å². The summed E-state index contributed by atoms with van der Waals surface area (Å²) < 4.78 is 1.65. The summed E-state index contributed by atoms with van der Waals surface area (Å²) in [5, 5.41) is 13.2. The van der Waals surface area contributed by atoms with E-state index in [-0.39, 0.29) is 23.9 Å². The van der Waals surface area contributed by atoms with Crippen molar-refractivity contribution >= 4 is 45.8 Å². The molecule has 0 saturated carbocycles. The first kappa shape index (κ1) is 27.2. The minimum Gasteiger partial charge on any atom is -0.315 e. The van der Waals surface area contributed by atoms with Gasteiger partial charge in [-0.15, -0.1) is 0 Å². The number of para-hydroxylation sites is 1. The molecule has 0 saturated heterocycles.